The summed E-state index contributed by atoms with van der Waals surface area (Å²) in [5.74, 6) is -4.30. The van der Waals surface area contributed by atoms with E-state index in [0.29, 0.717) is 0 Å². The summed E-state index contributed by atoms with van der Waals surface area (Å²) in [6.07, 6.45) is -0.344. The predicted octanol–water partition coefficient (Wildman–Crippen LogP) is -3.15. The Labute approximate surface area is 165 Å². The van der Waals surface area contributed by atoms with Crippen molar-refractivity contribution in [2.45, 2.75) is 24.9 Å². The molecule has 0 aromatic heterocycles. The van der Waals surface area contributed by atoms with Crippen LogP contribution >= 0.6 is 25.0 Å². The van der Waals surface area contributed by atoms with Gasteiger partial charge in [-0.15, -0.1) is 12.4 Å². The molecule has 11 nitrogen and oxygen atoms in total. The van der Waals surface area contributed by atoms with E-state index in [1.54, 1.807) is 0 Å². The normalized spacial score (nSPS) is 12.0. The maximum Gasteiger partial charge on any atom is 2.00 e. The number of amides is 1. The van der Waals surface area contributed by atoms with Gasteiger partial charge in [0.25, 0.3) is 0 Å². The summed E-state index contributed by atoms with van der Waals surface area (Å²) in [5.41, 5.74) is 5.21. The average Bonchev–Trinajstić information content (AvgIpc) is 2.38. The molecule has 0 saturated carbocycles. The molecule has 2 unspecified atom stereocenters. The molecule has 0 heterocycles. The van der Waals surface area contributed by atoms with Crippen LogP contribution in [0.4, 0.5) is 0 Å². The van der Waals surface area contributed by atoms with Crippen LogP contribution in [0.3, 0.4) is 0 Å². The first-order valence-electron chi connectivity index (χ1n) is 5.58. The number of nitrogens with zero attached hydrogens (tertiary/aromatic N) is 1. The van der Waals surface area contributed by atoms with Crippen molar-refractivity contribution in [3.8, 4) is 0 Å². The zero-order valence-corrected chi connectivity index (χ0v) is 16.6. The number of carbonyl (C=O) groups excluding carboxylic acids is 2. The van der Waals surface area contributed by atoms with Gasteiger partial charge < -0.3 is 43.5 Å². The summed E-state index contributed by atoms with van der Waals surface area (Å²) in [5, 5.41) is 32.1. The topological polar surface area (TPSA) is 238 Å². The minimum Gasteiger partial charge on any atom is -0.862 e. The summed E-state index contributed by atoms with van der Waals surface area (Å²) >= 11 is 3.83. The molecular formula is C10H22ClN5O6PtS. The Kier molecular flexibility index (Phi) is 26.4. The van der Waals surface area contributed by atoms with Gasteiger partial charge in [0.05, 0.1) is 12.5 Å². The van der Waals surface area contributed by atoms with Gasteiger partial charge in [0.2, 0.25) is 5.91 Å². The van der Waals surface area contributed by atoms with Gasteiger partial charge in [-0.25, -0.2) is 0 Å². The second kappa shape index (κ2) is 18.4. The number of nitrogens with one attached hydrogen (secondary N) is 1. The van der Waals surface area contributed by atoms with E-state index in [2.05, 4.69) is 17.6 Å². The number of rotatable bonds is 9. The number of aliphatic carboxylic acids is 2. The number of nitrogens with two attached hydrogens (primary N) is 1. The zero-order chi connectivity index (χ0) is 15.7. The molecule has 146 valence electrons. The van der Waals surface area contributed by atoms with Crippen molar-refractivity contribution >= 4 is 48.8 Å². The minimum atomic E-state index is -1.48. The van der Waals surface area contributed by atoms with E-state index in [9.17, 15) is 24.6 Å². The van der Waals surface area contributed by atoms with Crippen molar-refractivity contribution < 1.29 is 50.8 Å². The summed E-state index contributed by atoms with van der Waals surface area (Å²) < 4.78 is 0. The van der Waals surface area contributed by atoms with Crippen LogP contribution in [0.1, 0.15) is 12.8 Å². The number of carboxylic acids is 2. The number of thiol groups is 1. The van der Waals surface area contributed by atoms with E-state index in [4.69, 9.17) is 10.8 Å². The van der Waals surface area contributed by atoms with E-state index in [1.165, 1.54) is 0 Å². The molecular weight excluding hydrogens is 549 g/mol. The van der Waals surface area contributed by atoms with Crippen LogP contribution in [-0.2, 0) is 35.4 Å². The van der Waals surface area contributed by atoms with Gasteiger partial charge in [0.1, 0.15) is 12.1 Å². The van der Waals surface area contributed by atoms with Gasteiger partial charge in [-0.1, -0.05) is 0 Å². The molecule has 1 amide bonds. The molecule has 0 radical (unpaired) electrons. The van der Waals surface area contributed by atoms with Crippen LogP contribution < -0.4 is 33.6 Å². The molecule has 14 heteroatoms. The van der Waals surface area contributed by atoms with Crippen LogP contribution in [0, 0.1) is 0 Å². The minimum absolute atomic E-state index is 0. The van der Waals surface area contributed by atoms with Crippen molar-refractivity contribution in [1.29, 1.82) is 0 Å². The summed E-state index contributed by atoms with van der Waals surface area (Å²) in [7, 11) is 0. The number of carbonyl (C=O) groups is 3. The molecule has 24 heavy (non-hydrogen) atoms. The Morgan fingerprint density at radius 1 is 1.25 bits per heavy atom. The third-order valence-corrected chi connectivity index (χ3v) is 2.51. The quantitative estimate of drug-likeness (QED) is 0.0930. The van der Waals surface area contributed by atoms with Crippen molar-refractivity contribution in [3.05, 3.63) is 0 Å². The SMILES string of the molecule is Cl.N.N.NC(CCC([O-])=NC(CS)C(=O)NCC(=O)[O-])C(=O)O.[Pt+2]. The van der Waals surface area contributed by atoms with Gasteiger partial charge in [-0.05, 0) is 18.7 Å². The molecule has 0 aromatic carbocycles. The smallest absolute Gasteiger partial charge is 0.862 e. The molecule has 0 spiro atoms. The molecule has 10 N–H and O–H groups in total. The van der Waals surface area contributed by atoms with Crippen molar-refractivity contribution in [2.75, 3.05) is 12.3 Å². The molecule has 0 aliphatic rings. The first-order chi connectivity index (χ1) is 9.27. The second-order valence-corrected chi connectivity index (χ2v) is 4.16. The molecule has 0 aliphatic carbocycles. The van der Waals surface area contributed by atoms with Crippen molar-refractivity contribution in [2.24, 2.45) is 10.7 Å². The van der Waals surface area contributed by atoms with Crippen molar-refractivity contribution in [3.63, 3.8) is 0 Å². The Balaban J connectivity index is -0.000000301. The van der Waals surface area contributed by atoms with E-state index in [1.807, 2.05) is 5.32 Å². The van der Waals surface area contributed by atoms with Crippen LogP contribution in [0.2, 0.25) is 0 Å². The third-order valence-electron chi connectivity index (χ3n) is 2.17. The zero-order valence-electron chi connectivity index (χ0n) is 12.6. The number of carboxylic acid groups (broad SMARTS) is 2. The molecule has 2 atom stereocenters. The van der Waals surface area contributed by atoms with E-state index < -0.39 is 42.4 Å². The fraction of sp³-hybridized carbons (Fsp3) is 0.600. The fourth-order valence-corrected chi connectivity index (χ4v) is 1.35. The standard InChI is InChI=1S/C10H17N3O6S.ClH.2H3N.Pt/c11-5(10(18)19)1-2-7(14)13-6(4-20)9(17)12-3-8(15)16;;;;/h5-6,20H,1-4,11H2,(H,12,17)(H,13,14)(H,15,16)(H,18,19);1H;2*1H3;/q;;;;+2/p-2. The number of aliphatic imine (C=N–C) groups is 1. The second-order valence-electron chi connectivity index (χ2n) is 3.79. The molecule has 0 fully saturated rings. The van der Waals surface area contributed by atoms with Crippen LogP contribution in [0.15, 0.2) is 4.99 Å². The summed E-state index contributed by atoms with van der Waals surface area (Å²) in [4.78, 5) is 35.6. The molecule has 0 bridgehead atoms. The van der Waals surface area contributed by atoms with E-state index in [0.717, 1.165) is 0 Å². The van der Waals surface area contributed by atoms with Gasteiger partial charge in [0, 0.05) is 5.75 Å². The maximum atomic E-state index is 11.4. The van der Waals surface area contributed by atoms with Crippen LogP contribution in [0.25, 0.3) is 0 Å². The van der Waals surface area contributed by atoms with Gasteiger partial charge >= 0.3 is 27.0 Å². The molecule has 0 saturated heterocycles. The largest absolute Gasteiger partial charge is 2.00 e. The number of halogens is 1. The maximum absolute atomic E-state index is 11.4. The fourth-order valence-electron chi connectivity index (χ4n) is 1.10. The van der Waals surface area contributed by atoms with Gasteiger partial charge in [0.15, 0.2) is 0 Å². The van der Waals surface area contributed by atoms with Crippen LogP contribution in [-0.4, -0.2) is 53.2 Å². The molecule has 0 aromatic rings. The average molecular weight is 571 g/mol. The van der Waals surface area contributed by atoms with Crippen molar-refractivity contribution in [1.82, 2.24) is 17.6 Å². The van der Waals surface area contributed by atoms with Gasteiger partial charge in [-0.2, -0.15) is 12.6 Å². The Hall–Kier alpha value is -0.912. The Morgan fingerprint density at radius 3 is 2.12 bits per heavy atom. The molecule has 0 aliphatic heterocycles. The summed E-state index contributed by atoms with van der Waals surface area (Å²) in [6.45, 7) is -0.698. The Bertz CT molecular complexity index is 417. The van der Waals surface area contributed by atoms with E-state index >= 15 is 0 Å². The number of hydrogen-bond donors (Lipinski definition) is 6. The monoisotopic (exact) mass is 570 g/mol. The number of hydrogen-bond acceptors (Lipinski definition) is 10. The summed E-state index contributed by atoms with van der Waals surface area (Å²) in [6, 6.07) is -2.33. The van der Waals surface area contributed by atoms with Crippen LogP contribution in [0.5, 0.6) is 0 Å². The predicted molar refractivity (Wildman–Crippen MR) is 85.2 cm³/mol. The first-order valence-corrected chi connectivity index (χ1v) is 6.21. The molecule has 0 rings (SSSR count). The first kappa shape index (κ1) is 34.4. The van der Waals surface area contributed by atoms with E-state index in [-0.39, 0.29) is 64.4 Å². The van der Waals surface area contributed by atoms with Gasteiger partial charge in [-0.3, -0.25) is 14.6 Å². The Morgan fingerprint density at radius 2 is 1.75 bits per heavy atom. The third kappa shape index (κ3) is 16.0.